The minimum atomic E-state index is -0.382. The van der Waals surface area contributed by atoms with Gasteiger partial charge in [0.2, 0.25) is 0 Å². The molecule has 1 N–H and O–H groups in total. The Balaban J connectivity index is 2.90. The molecule has 0 saturated heterocycles. The molecule has 0 saturated carbocycles. The highest BCUT2D eigenvalue weighted by Crippen LogP contribution is 2.07. The van der Waals surface area contributed by atoms with Crippen LogP contribution in [0.4, 0.5) is 0 Å². The van der Waals surface area contributed by atoms with E-state index in [0.29, 0.717) is 29.1 Å². The highest BCUT2D eigenvalue weighted by atomic mass is 32.1. The lowest BCUT2D eigenvalue weighted by molar-refractivity contribution is 0.187. The monoisotopic (exact) mass is 270 g/mol. The van der Waals surface area contributed by atoms with E-state index in [4.69, 9.17) is 17.0 Å². The van der Waals surface area contributed by atoms with Crippen LogP contribution in [0.5, 0.6) is 0 Å². The fourth-order valence-electron chi connectivity index (χ4n) is 1.92. The lowest BCUT2D eigenvalue weighted by Gasteiger charge is -2.08. The molecule has 0 aromatic carbocycles. The second-order valence-corrected chi connectivity index (χ2v) is 4.37. The summed E-state index contributed by atoms with van der Waals surface area (Å²) in [6.07, 6.45) is 0. The van der Waals surface area contributed by atoms with E-state index < -0.39 is 0 Å². The summed E-state index contributed by atoms with van der Waals surface area (Å²) in [5.74, 6) is 0. The Kier molecular flexibility index (Phi) is 3.22. The van der Waals surface area contributed by atoms with Gasteiger partial charge in [-0.15, -0.1) is 0 Å². The van der Waals surface area contributed by atoms with Crippen molar-refractivity contribution in [1.82, 2.24) is 18.7 Å². The van der Waals surface area contributed by atoms with Gasteiger partial charge in [0.1, 0.15) is 11.2 Å². The third-order valence-corrected chi connectivity index (χ3v) is 3.21. The normalized spacial score (nSPS) is 11.3. The molecule has 0 aliphatic heterocycles. The first-order valence-corrected chi connectivity index (χ1v) is 5.77. The number of aryl methyl sites for hydroxylation is 1. The molecule has 2 rings (SSSR count). The number of nitrogens with one attached hydrogen (secondary N) is 1. The average molecular weight is 270 g/mol. The summed E-state index contributed by atoms with van der Waals surface area (Å²) in [5, 5.41) is 0. The second-order valence-electron chi connectivity index (χ2n) is 3.98. The number of fused-ring (bicyclic) bond motifs is 1. The largest absolute Gasteiger partial charge is 0.383 e. The maximum atomic E-state index is 12.0. The highest BCUT2D eigenvalue weighted by Gasteiger charge is 2.14. The number of ether oxygens (including phenoxy) is 1. The van der Waals surface area contributed by atoms with E-state index in [1.54, 1.807) is 18.7 Å². The molecule has 0 amide bonds. The van der Waals surface area contributed by atoms with Crippen LogP contribution in [0, 0.1) is 4.77 Å². The number of aromatic amines is 1. The Morgan fingerprint density at radius 2 is 1.94 bits per heavy atom. The van der Waals surface area contributed by atoms with Crippen LogP contribution in [0.3, 0.4) is 0 Å². The third kappa shape index (κ3) is 1.73. The minimum absolute atomic E-state index is 0.334. The molecule has 0 fully saturated rings. The average Bonchev–Trinajstić information content (AvgIpc) is 2.68. The predicted octanol–water partition coefficient (Wildman–Crippen LogP) is -0.257. The zero-order valence-corrected chi connectivity index (χ0v) is 11.2. The van der Waals surface area contributed by atoms with Crippen LogP contribution in [0.15, 0.2) is 9.59 Å². The Morgan fingerprint density at radius 1 is 1.28 bits per heavy atom. The second kappa shape index (κ2) is 4.54. The lowest BCUT2D eigenvalue weighted by atomic mass is 10.5. The summed E-state index contributed by atoms with van der Waals surface area (Å²) in [6, 6.07) is 0. The number of imidazole rings is 1. The summed E-state index contributed by atoms with van der Waals surface area (Å²) in [5.41, 5.74) is 0.0638. The van der Waals surface area contributed by atoms with Crippen LogP contribution >= 0.6 is 12.2 Å². The quantitative estimate of drug-likeness (QED) is 0.780. The Labute approximate surface area is 107 Å². The molecule has 0 bridgehead atoms. The molecular formula is C10H14N4O3S. The Morgan fingerprint density at radius 3 is 2.56 bits per heavy atom. The molecule has 0 aliphatic carbocycles. The molecule has 0 aliphatic rings. The SMILES string of the molecule is COCCn1c(=S)[nH]c2c(=O)n(C)c(=O)n(C)c21. The summed E-state index contributed by atoms with van der Waals surface area (Å²) >= 11 is 5.16. The van der Waals surface area contributed by atoms with E-state index in [9.17, 15) is 9.59 Å². The van der Waals surface area contributed by atoms with Crippen molar-refractivity contribution in [2.24, 2.45) is 14.1 Å². The van der Waals surface area contributed by atoms with Crippen LogP contribution < -0.4 is 11.2 Å². The van der Waals surface area contributed by atoms with E-state index in [1.807, 2.05) is 0 Å². The summed E-state index contributed by atoms with van der Waals surface area (Å²) in [6.45, 7) is 0.931. The van der Waals surface area contributed by atoms with Crippen molar-refractivity contribution in [3.63, 3.8) is 0 Å². The van der Waals surface area contributed by atoms with Gasteiger partial charge in [-0.05, 0) is 12.2 Å². The molecule has 8 heteroatoms. The fourth-order valence-corrected chi connectivity index (χ4v) is 2.20. The fraction of sp³-hybridized carbons (Fsp3) is 0.500. The van der Waals surface area contributed by atoms with Crippen LogP contribution in [0.2, 0.25) is 0 Å². The van der Waals surface area contributed by atoms with E-state index in [0.717, 1.165) is 4.57 Å². The van der Waals surface area contributed by atoms with Gasteiger partial charge in [-0.25, -0.2) is 4.79 Å². The number of hydrogen-bond acceptors (Lipinski definition) is 4. The van der Waals surface area contributed by atoms with Gasteiger partial charge in [0.15, 0.2) is 4.77 Å². The van der Waals surface area contributed by atoms with Gasteiger partial charge in [-0.3, -0.25) is 13.9 Å². The molecule has 0 unspecified atom stereocenters. The number of aromatic nitrogens is 4. The van der Waals surface area contributed by atoms with E-state index in [1.165, 1.54) is 11.6 Å². The van der Waals surface area contributed by atoms with Crippen LogP contribution in [0.1, 0.15) is 0 Å². The number of hydrogen-bond donors (Lipinski definition) is 1. The molecular weight excluding hydrogens is 256 g/mol. The predicted molar refractivity (Wildman–Crippen MR) is 69.5 cm³/mol. The zero-order chi connectivity index (χ0) is 13.4. The maximum Gasteiger partial charge on any atom is 0.332 e. The van der Waals surface area contributed by atoms with Crippen LogP contribution in [-0.4, -0.2) is 32.4 Å². The Hall–Kier alpha value is -1.67. The van der Waals surface area contributed by atoms with Gasteiger partial charge < -0.3 is 14.3 Å². The van der Waals surface area contributed by atoms with Gasteiger partial charge in [-0.2, -0.15) is 0 Å². The topological polar surface area (TPSA) is 73.9 Å². The van der Waals surface area contributed by atoms with Gasteiger partial charge in [0.05, 0.1) is 13.2 Å². The van der Waals surface area contributed by atoms with Crippen molar-refractivity contribution < 1.29 is 4.74 Å². The molecule has 18 heavy (non-hydrogen) atoms. The highest BCUT2D eigenvalue weighted by molar-refractivity contribution is 7.71. The molecule has 2 heterocycles. The van der Waals surface area contributed by atoms with Crippen molar-refractivity contribution >= 4 is 23.4 Å². The van der Waals surface area contributed by atoms with Crippen molar-refractivity contribution in [2.45, 2.75) is 6.54 Å². The first-order chi connectivity index (χ1) is 8.49. The number of rotatable bonds is 3. The first kappa shape index (κ1) is 12.8. The smallest absolute Gasteiger partial charge is 0.332 e. The zero-order valence-electron chi connectivity index (χ0n) is 10.4. The van der Waals surface area contributed by atoms with Crippen molar-refractivity contribution in [3.8, 4) is 0 Å². The van der Waals surface area contributed by atoms with Gasteiger partial charge in [-0.1, -0.05) is 0 Å². The van der Waals surface area contributed by atoms with Crippen LogP contribution in [-0.2, 0) is 25.4 Å². The molecule has 98 valence electrons. The lowest BCUT2D eigenvalue weighted by Crippen LogP contribution is -2.37. The van der Waals surface area contributed by atoms with Gasteiger partial charge in [0, 0.05) is 21.2 Å². The van der Waals surface area contributed by atoms with Gasteiger partial charge in [0.25, 0.3) is 5.56 Å². The number of methoxy groups -OCH3 is 1. The molecule has 7 nitrogen and oxygen atoms in total. The number of H-pyrrole nitrogens is 1. The number of nitrogens with zero attached hydrogens (tertiary/aromatic N) is 3. The molecule has 2 aromatic heterocycles. The third-order valence-electron chi connectivity index (χ3n) is 2.89. The maximum absolute atomic E-state index is 12.0. The standard InChI is InChI=1S/C10H14N4O3S/c1-12-7-6(8(15)13(2)10(12)16)11-9(18)14(7)4-5-17-3/h4-5H2,1-3H3,(H,11,18). The van der Waals surface area contributed by atoms with Crippen molar-refractivity contribution in [2.75, 3.05) is 13.7 Å². The molecule has 0 atom stereocenters. The first-order valence-electron chi connectivity index (χ1n) is 5.36. The summed E-state index contributed by atoms with van der Waals surface area (Å²) < 4.78 is 9.54. The molecule has 2 aromatic rings. The van der Waals surface area contributed by atoms with Gasteiger partial charge >= 0.3 is 5.69 Å². The summed E-state index contributed by atoms with van der Waals surface area (Å²) in [4.78, 5) is 26.7. The van der Waals surface area contributed by atoms with Crippen molar-refractivity contribution in [3.05, 3.63) is 25.6 Å². The summed E-state index contributed by atoms with van der Waals surface area (Å²) in [7, 11) is 4.63. The molecule has 0 radical (unpaired) electrons. The van der Waals surface area contributed by atoms with E-state index >= 15 is 0 Å². The van der Waals surface area contributed by atoms with E-state index in [2.05, 4.69) is 4.98 Å². The van der Waals surface area contributed by atoms with Crippen molar-refractivity contribution in [1.29, 1.82) is 0 Å². The minimum Gasteiger partial charge on any atom is -0.383 e. The van der Waals surface area contributed by atoms with E-state index in [-0.39, 0.29) is 11.2 Å². The van der Waals surface area contributed by atoms with Crippen LogP contribution in [0.25, 0.3) is 11.2 Å². The molecule has 0 spiro atoms. The Bertz CT molecular complexity index is 764.